The van der Waals surface area contributed by atoms with Crippen molar-refractivity contribution in [3.05, 3.63) is 64.7 Å². The first kappa shape index (κ1) is 20.6. The van der Waals surface area contributed by atoms with Gasteiger partial charge in [-0.25, -0.2) is 0 Å². The van der Waals surface area contributed by atoms with Gasteiger partial charge < -0.3 is 15.0 Å². The Morgan fingerprint density at radius 3 is 2.36 bits per heavy atom. The normalized spacial score (nSPS) is 16.5. The number of carbonyl (C=O) groups excluding carboxylic acids is 1. The van der Waals surface area contributed by atoms with Gasteiger partial charge in [0.25, 0.3) is 5.91 Å². The zero-order valence-electron chi connectivity index (χ0n) is 16.5. The van der Waals surface area contributed by atoms with Gasteiger partial charge in [-0.1, -0.05) is 41.4 Å². The minimum atomic E-state index is -0.117. The number of halogens is 1. The maximum absolute atomic E-state index is 12.3. The van der Waals surface area contributed by atoms with Crippen molar-refractivity contribution in [3.8, 4) is 5.75 Å². The van der Waals surface area contributed by atoms with Crippen LogP contribution in [0.5, 0.6) is 5.75 Å². The summed E-state index contributed by atoms with van der Waals surface area (Å²) in [6.45, 7) is 6.56. The molecule has 0 radical (unpaired) electrons. The highest BCUT2D eigenvalue weighted by Crippen LogP contribution is 2.23. The van der Waals surface area contributed by atoms with Gasteiger partial charge >= 0.3 is 0 Å². The largest absolute Gasteiger partial charge is 0.484 e. The maximum Gasteiger partial charge on any atom is 0.258 e. The number of rotatable bonds is 7. The van der Waals surface area contributed by atoms with Crippen LogP contribution in [0, 0.1) is 6.92 Å². The van der Waals surface area contributed by atoms with Crippen LogP contribution in [-0.4, -0.2) is 62.1 Å². The van der Waals surface area contributed by atoms with E-state index >= 15 is 0 Å². The zero-order valence-corrected chi connectivity index (χ0v) is 17.3. The van der Waals surface area contributed by atoms with Crippen LogP contribution in [0.25, 0.3) is 0 Å². The number of aryl methyl sites for hydroxylation is 1. The third-order valence-electron chi connectivity index (χ3n) is 5.12. The molecule has 0 spiro atoms. The Balaban J connectivity index is 1.58. The monoisotopic (exact) mass is 401 g/mol. The van der Waals surface area contributed by atoms with Gasteiger partial charge in [0, 0.05) is 37.7 Å². The zero-order chi connectivity index (χ0) is 19.9. The van der Waals surface area contributed by atoms with Crippen molar-refractivity contribution in [2.45, 2.75) is 13.0 Å². The van der Waals surface area contributed by atoms with Crippen molar-refractivity contribution >= 4 is 17.5 Å². The molecule has 3 rings (SSSR count). The molecule has 28 heavy (non-hydrogen) atoms. The second-order valence-electron chi connectivity index (χ2n) is 7.31. The van der Waals surface area contributed by atoms with Gasteiger partial charge in [-0.2, -0.15) is 0 Å². The highest BCUT2D eigenvalue weighted by Gasteiger charge is 2.24. The Labute approximate surface area is 172 Å². The molecule has 150 valence electrons. The van der Waals surface area contributed by atoms with Crippen LogP contribution in [0.3, 0.4) is 0 Å². The molecule has 1 N–H and O–H groups in total. The molecule has 1 atom stereocenters. The topological polar surface area (TPSA) is 44.8 Å². The van der Waals surface area contributed by atoms with Gasteiger partial charge in [-0.15, -0.1) is 0 Å². The molecular formula is C22H28ClN3O2. The Morgan fingerprint density at radius 1 is 1.07 bits per heavy atom. The van der Waals surface area contributed by atoms with Crippen molar-refractivity contribution in [3.63, 3.8) is 0 Å². The van der Waals surface area contributed by atoms with Crippen LogP contribution in [0.15, 0.2) is 48.5 Å². The molecule has 1 fully saturated rings. The molecule has 0 aromatic heterocycles. The van der Waals surface area contributed by atoms with Crippen molar-refractivity contribution in [1.82, 2.24) is 15.1 Å². The van der Waals surface area contributed by atoms with E-state index in [0.717, 1.165) is 42.3 Å². The predicted octanol–water partition coefficient (Wildman–Crippen LogP) is 3.13. The van der Waals surface area contributed by atoms with Gasteiger partial charge in [0.1, 0.15) is 5.75 Å². The summed E-state index contributed by atoms with van der Waals surface area (Å²) in [4.78, 5) is 17.1. The molecule has 0 saturated carbocycles. The number of nitrogens with zero attached hydrogens (tertiary/aromatic N) is 2. The Kier molecular flexibility index (Phi) is 7.31. The molecular weight excluding hydrogens is 374 g/mol. The van der Waals surface area contributed by atoms with Crippen molar-refractivity contribution in [1.29, 1.82) is 0 Å². The minimum Gasteiger partial charge on any atom is -0.484 e. The number of hydrogen-bond acceptors (Lipinski definition) is 4. The van der Waals surface area contributed by atoms with E-state index in [1.807, 2.05) is 55.5 Å². The summed E-state index contributed by atoms with van der Waals surface area (Å²) in [7, 11) is 2.14. The first-order chi connectivity index (χ1) is 13.5. The summed E-state index contributed by atoms with van der Waals surface area (Å²) in [5.41, 5.74) is 2.32. The lowest BCUT2D eigenvalue weighted by molar-refractivity contribution is -0.123. The van der Waals surface area contributed by atoms with Gasteiger partial charge in [0.05, 0.1) is 6.04 Å². The van der Waals surface area contributed by atoms with Crippen LogP contribution in [0.4, 0.5) is 0 Å². The number of hydrogen-bond donors (Lipinski definition) is 1. The molecule has 6 heteroatoms. The summed E-state index contributed by atoms with van der Waals surface area (Å²) in [5, 5.41) is 3.75. The van der Waals surface area contributed by atoms with E-state index in [1.54, 1.807) is 0 Å². The number of piperazine rings is 1. The molecule has 0 unspecified atom stereocenters. The first-order valence-electron chi connectivity index (χ1n) is 9.65. The quantitative estimate of drug-likeness (QED) is 0.774. The molecule has 5 nitrogen and oxygen atoms in total. The van der Waals surface area contributed by atoms with Gasteiger partial charge in [0.2, 0.25) is 0 Å². The maximum atomic E-state index is 12.3. The van der Waals surface area contributed by atoms with Crippen LogP contribution < -0.4 is 10.1 Å². The first-order valence-corrected chi connectivity index (χ1v) is 10.0. The third-order valence-corrected chi connectivity index (χ3v) is 5.37. The smallest absolute Gasteiger partial charge is 0.258 e. The van der Waals surface area contributed by atoms with Crippen LogP contribution in [0.1, 0.15) is 17.2 Å². The number of ether oxygens (including phenoxy) is 1. The molecule has 1 aliphatic heterocycles. The molecule has 1 amide bonds. The second kappa shape index (κ2) is 9.92. The lowest BCUT2D eigenvalue weighted by Crippen LogP contribution is -2.48. The highest BCUT2D eigenvalue weighted by atomic mass is 35.5. The summed E-state index contributed by atoms with van der Waals surface area (Å²) in [6, 6.07) is 15.7. The number of nitrogens with one attached hydrogen (secondary N) is 1. The number of benzene rings is 2. The van der Waals surface area contributed by atoms with Crippen LogP contribution in [-0.2, 0) is 4.79 Å². The molecule has 1 aliphatic rings. The van der Waals surface area contributed by atoms with E-state index in [2.05, 4.69) is 22.2 Å². The Bertz CT molecular complexity index is 756. The van der Waals surface area contributed by atoms with Gasteiger partial charge in [-0.05, 0) is 43.8 Å². The average Bonchev–Trinajstić information content (AvgIpc) is 2.70. The lowest BCUT2D eigenvalue weighted by Gasteiger charge is -2.38. The van der Waals surface area contributed by atoms with Crippen molar-refractivity contribution < 1.29 is 9.53 Å². The van der Waals surface area contributed by atoms with E-state index in [0.29, 0.717) is 12.3 Å². The van der Waals surface area contributed by atoms with Crippen molar-refractivity contribution in [2.24, 2.45) is 0 Å². The SMILES string of the molecule is Cc1ccc(OCC(=O)NC[C@H](c2ccc(Cl)cc2)N2CCN(C)CC2)cc1. The standard InChI is InChI=1S/C22H28ClN3O2/c1-17-3-9-20(10-4-17)28-16-22(27)24-15-21(18-5-7-19(23)8-6-18)26-13-11-25(2)12-14-26/h3-10,21H,11-16H2,1-2H3,(H,24,27)/t21-/m1/s1. The number of amides is 1. The number of likely N-dealkylation sites (N-methyl/N-ethyl adjacent to an activating group) is 1. The molecule has 2 aromatic rings. The Morgan fingerprint density at radius 2 is 1.71 bits per heavy atom. The average molecular weight is 402 g/mol. The Hall–Kier alpha value is -2.08. The molecule has 0 bridgehead atoms. The van der Waals surface area contributed by atoms with E-state index < -0.39 is 0 Å². The van der Waals surface area contributed by atoms with E-state index in [9.17, 15) is 4.79 Å². The second-order valence-corrected chi connectivity index (χ2v) is 7.75. The molecule has 2 aromatic carbocycles. The van der Waals surface area contributed by atoms with Crippen LogP contribution >= 0.6 is 11.6 Å². The van der Waals surface area contributed by atoms with Crippen molar-refractivity contribution in [2.75, 3.05) is 46.4 Å². The van der Waals surface area contributed by atoms with E-state index in [4.69, 9.17) is 16.3 Å². The minimum absolute atomic E-state index is 0.0130. The fraction of sp³-hybridized carbons (Fsp3) is 0.409. The third kappa shape index (κ3) is 5.96. The lowest BCUT2D eigenvalue weighted by atomic mass is 10.0. The highest BCUT2D eigenvalue weighted by molar-refractivity contribution is 6.30. The fourth-order valence-corrected chi connectivity index (χ4v) is 3.45. The van der Waals surface area contributed by atoms with Gasteiger partial charge in [0.15, 0.2) is 6.61 Å². The number of carbonyl (C=O) groups is 1. The van der Waals surface area contributed by atoms with Crippen LogP contribution in [0.2, 0.25) is 5.02 Å². The van der Waals surface area contributed by atoms with E-state index in [-0.39, 0.29) is 18.6 Å². The molecule has 1 saturated heterocycles. The summed E-state index contributed by atoms with van der Waals surface area (Å²) in [5.74, 6) is 0.586. The summed E-state index contributed by atoms with van der Waals surface area (Å²) >= 11 is 6.05. The molecule has 0 aliphatic carbocycles. The summed E-state index contributed by atoms with van der Waals surface area (Å²) in [6.07, 6.45) is 0. The summed E-state index contributed by atoms with van der Waals surface area (Å²) < 4.78 is 5.59. The molecule has 1 heterocycles. The fourth-order valence-electron chi connectivity index (χ4n) is 3.32. The van der Waals surface area contributed by atoms with E-state index in [1.165, 1.54) is 0 Å². The predicted molar refractivity (Wildman–Crippen MR) is 113 cm³/mol. The van der Waals surface area contributed by atoms with Gasteiger partial charge in [-0.3, -0.25) is 9.69 Å².